The van der Waals surface area contributed by atoms with Gasteiger partial charge in [0.25, 0.3) is 17.7 Å². The van der Waals surface area contributed by atoms with Gasteiger partial charge in [-0.05, 0) is 67.1 Å². The van der Waals surface area contributed by atoms with E-state index in [9.17, 15) is 14.4 Å². The normalized spacial score (nSPS) is 13.5. The van der Waals surface area contributed by atoms with Crippen LogP contribution in [0.4, 0.5) is 17.1 Å². The maximum absolute atomic E-state index is 12.9. The Hall–Kier alpha value is -3.32. The van der Waals surface area contributed by atoms with Gasteiger partial charge >= 0.3 is 0 Å². The van der Waals surface area contributed by atoms with Crippen molar-refractivity contribution in [3.8, 4) is 0 Å². The topological polar surface area (TPSA) is 78.5 Å². The van der Waals surface area contributed by atoms with E-state index in [4.69, 9.17) is 34.8 Å². The largest absolute Gasteiger partial charge is 0.350 e. The molecule has 2 N–H and O–H groups in total. The van der Waals surface area contributed by atoms with Crippen molar-refractivity contribution in [2.24, 2.45) is 0 Å². The summed E-state index contributed by atoms with van der Waals surface area (Å²) in [5.41, 5.74) is 2.52. The molecule has 6 nitrogen and oxygen atoms in total. The van der Waals surface area contributed by atoms with E-state index in [-0.39, 0.29) is 16.6 Å². The van der Waals surface area contributed by atoms with Gasteiger partial charge in [-0.2, -0.15) is 0 Å². The van der Waals surface area contributed by atoms with E-state index >= 15 is 0 Å². The minimum Gasteiger partial charge on any atom is -0.350 e. The molecule has 3 aromatic carbocycles. The Bertz CT molecular complexity index is 1320. The van der Waals surface area contributed by atoms with Crippen LogP contribution in [0.2, 0.25) is 10.0 Å². The first-order valence-corrected chi connectivity index (χ1v) is 10.9. The van der Waals surface area contributed by atoms with Crippen LogP contribution >= 0.6 is 34.8 Å². The molecule has 1 aliphatic heterocycles. The fraction of sp³-hybridized carbons (Fsp3) is 0.0417. The number of hydrogen-bond donors (Lipinski definition) is 2. The van der Waals surface area contributed by atoms with Crippen LogP contribution in [-0.4, -0.2) is 17.7 Å². The minimum atomic E-state index is -0.651. The van der Waals surface area contributed by atoms with Gasteiger partial charge in [0, 0.05) is 27.0 Å². The first-order chi connectivity index (χ1) is 15.7. The van der Waals surface area contributed by atoms with Crippen LogP contribution in [0.1, 0.15) is 15.9 Å². The monoisotopic (exact) mass is 499 g/mol. The first-order valence-electron chi connectivity index (χ1n) is 9.73. The smallest absolute Gasteiger partial charge is 0.283 e. The van der Waals surface area contributed by atoms with Crippen molar-refractivity contribution in [1.29, 1.82) is 0 Å². The summed E-state index contributed by atoms with van der Waals surface area (Å²) in [6.45, 7) is 1.82. The lowest BCUT2D eigenvalue weighted by Crippen LogP contribution is -2.32. The SMILES string of the molecule is Cc1ccc(N2C(=O)C(Cl)=C(Nc3ccc(C(=O)Nc4cccc(Cl)c4)cc3)C2=O)cc1Cl. The average molecular weight is 501 g/mol. The molecule has 0 saturated heterocycles. The van der Waals surface area contributed by atoms with E-state index in [0.717, 1.165) is 10.5 Å². The molecule has 4 rings (SSSR count). The molecule has 0 saturated carbocycles. The summed E-state index contributed by atoms with van der Waals surface area (Å²) in [5.74, 6) is -1.58. The first kappa shape index (κ1) is 22.9. The number of carbonyl (C=O) groups is 3. The molecule has 166 valence electrons. The molecule has 0 aliphatic carbocycles. The fourth-order valence-electron chi connectivity index (χ4n) is 3.19. The van der Waals surface area contributed by atoms with Crippen LogP contribution in [0.25, 0.3) is 0 Å². The molecule has 0 spiro atoms. The molecule has 0 atom stereocenters. The summed E-state index contributed by atoms with van der Waals surface area (Å²) in [6, 6.07) is 18.0. The van der Waals surface area contributed by atoms with Crippen molar-refractivity contribution in [3.05, 3.63) is 98.6 Å². The zero-order valence-electron chi connectivity index (χ0n) is 17.2. The lowest BCUT2D eigenvalue weighted by molar-refractivity contribution is -0.120. The van der Waals surface area contributed by atoms with Crippen LogP contribution in [0.15, 0.2) is 77.5 Å². The molecule has 3 aromatic rings. The van der Waals surface area contributed by atoms with E-state index in [2.05, 4.69) is 10.6 Å². The minimum absolute atomic E-state index is 0.0607. The van der Waals surface area contributed by atoms with Crippen LogP contribution in [0.3, 0.4) is 0 Å². The Balaban J connectivity index is 1.49. The molecule has 33 heavy (non-hydrogen) atoms. The van der Waals surface area contributed by atoms with Gasteiger partial charge in [-0.1, -0.05) is 46.9 Å². The predicted molar refractivity (Wildman–Crippen MR) is 131 cm³/mol. The van der Waals surface area contributed by atoms with Gasteiger partial charge in [-0.15, -0.1) is 0 Å². The second-order valence-corrected chi connectivity index (χ2v) is 8.46. The molecular weight excluding hydrogens is 485 g/mol. The summed E-state index contributed by atoms with van der Waals surface area (Å²) >= 11 is 18.2. The Kier molecular flexibility index (Phi) is 6.42. The van der Waals surface area contributed by atoms with Crippen molar-refractivity contribution >= 4 is 69.6 Å². The lowest BCUT2D eigenvalue weighted by atomic mass is 10.2. The second kappa shape index (κ2) is 9.27. The number of nitrogens with one attached hydrogen (secondary N) is 2. The highest BCUT2D eigenvalue weighted by atomic mass is 35.5. The molecule has 0 radical (unpaired) electrons. The summed E-state index contributed by atoms with van der Waals surface area (Å²) in [6.07, 6.45) is 0. The van der Waals surface area contributed by atoms with Crippen molar-refractivity contribution in [2.75, 3.05) is 15.5 Å². The highest BCUT2D eigenvalue weighted by molar-refractivity contribution is 6.53. The van der Waals surface area contributed by atoms with E-state index in [1.807, 2.05) is 6.92 Å². The molecular formula is C24H16Cl3N3O3. The number of amides is 3. The number of hydrogen-bond acceptors (Lipinski definition) is 4. The van der Waals surface area contributed by atoms with E-state index in [0.29, 0.717) is 32.7 Å². The molecule has 1 aliphatic rings. The van der Waals surface area contributed by atoms with Crippen molar-refractivity contribution in [2.45, 2.75) is 6.92 Å². The molecule has 0 bridgehead atoms. The maximum Gasteiger partial charge on any atom is 0.283 e. The third-order valence-corrected chi connectivity index (χ3v) is 5.93. The van der Waals surface area contributed by atoms with E-state index in [1.54, 1.807) is 60.7 Å². The van der Waals surface area contributed by atoms with Gasteiger partial charge in [0.1, 0.15) is 10.7 Å². The highest BCUT2D eigenvalue weighted by Gasteiger charge is 2.39. The van der Waals surface area contributed by atoms with Gasteiger partial charge in [-0.3, -0.25) is 14.4 Å². The van der Waals surface area contributed by atoms with Crippen LogP contribution in [-0.2, 0) is 9.59 Å². The molecule has 0 unspecified atom stereocenters. The third-order valence-electron chi connectivity index (χ3n) is 4.94. The van der Waals surface area contributed by atoms with Gasteiger partial charge in [0.15, 0.2) is 0 Å². The number of anilines is 3. The van der Waals surface area contributed by atoms with Crippen molar-refractivity contribution in [1.82, 2.24) is 0 Å². The van der Waals surface area contributed by atoms with Crippen molar-refractivity contribution in [3.63, 3.8) is 0 Å². The fourth-order valence-corrected chi connectivity index (χ4v) is 3.76. The van der Waals surface area contributed by atoms with Gasteiger partial charge in [0.2, 0.25) is 0 Å². The van der Waals surface area contributed by atoms with Gasteiger partial charge < -0.3 is 10.6 Å². The van der Waals surface area contributed by atoms with Crippen LogP contribution in [0, 0.1) is 6.92 Å². The summed E-state index contributed by atoms with van der Waals surface area (Å²) < 4.78 is 0. The summed E-state index contributed by atoms with van der Waals surface area (Å²) in [5, 5.41) is 6.33. The molecule has 9 heteroatoms. The zero-order chi connectivity index (χ0) is 23.7. The Morgan fingerprint density at radius 1 is 0.848 bits per heavy atom. The number of imide groups is 1. The number of nitrogens with zero attached hydrogens (tertiary/aromatic N) is 1. The summed E-state index contributed by atoms with van der Waals surface area (Å²) in [7, 11) is 0. The Morgan fingerprint density at radius 2 is 1.58 bits per heavy atom. The molecule has 1 heterocycles. The zero-order valence-corrected chi connectivity index (χ0v) is 19.4. The van der Waals surface area contributed by atoms with Crippen molar-refractivity contribution < 1.29 is 14.4 Å². The van der Waals surface area contributed by atoms with Gasteiger partial charge in [-0.25, -0.2) is 4.90 Å². The number of rotatable bonds is 5. The van der Waals surface area contributed by atoms with Gasteiger partial charge in [0.05, 0.1) is 5.69 Å². The van der Waals surface area contributed by atoms with Crippen LogP contribution < -0.4 is 15.5 Å². The molecule has 0 aromatic heterocycles. The number of halogens is 3. The lowest BCUT2D eigenvalue weighted by Gasteiger charge is -2.16. The standard InChI is InChI=1S/C24H16Cl3N3O3/c1-13-5-10-18(12-19(13)26)30-23(32)20(27)21(24(30)33)28-16-8-6-14(7-9-16)22(31)29-17-4-2-3-15(25)11-17/h2-12,28H,1H3,(H,29,31). The third kappa shape index (κ3) is 4.73. The quantitative estimate of drug-likeness (QED) is 0.422. The van der Waals surface area contributed by atoms with E-state index < -0.39 is 11.8 Å². The Morgan fingerprint density at radius 3 is 2.24 bits per heavy atom. The molecule has 0 fully saturated rings. The highest BCUT2D eigenvalue weighted by Crippen LogP contribution is 2.32. The molecule has 3 amide bonds. The average Bonchev–Trinajstić information content (AvgIpc) is 2.99. The number of aryl methyl sites for hydroxylation is 1. The maximum atomic E-state index is 12.9. The number of benzene rings is 3. The van der Waals surface area contributed by atoms with Crippen LogP contribution in [0.5, 0.6) is 0 Å². The number of carbonyl (C=O) groups excluding carboxylic acids is 3. The van der Waals surface area contributed by atoms with E-state index in [1.165, 1.54) is 6.07 Å². The summed E-state index contributed by atoms with van der Waals surface area (Å²) in [4.78, 5) is 39.0. The second-order valence-electron chi connectivity index (χ2n) is 7.24. The predicted octanol–water partition coefficient (Wildman–Crippen LogP) is 5.99. The Labute approximate surface area is 204 Å².